The highest BCUT2D eigenvalue weighted by Gasteiger charge is 2.24. The van der Waals surface area contributed by atoms with Crippen molar-refractivity contribution in [1.82, 2.24) is 9.78 Å². The molecule has 7 heteroatoms. The number of aliphatic hydroxyl groups is 1. The second-order valence-corrected chi connectivity index (χ2v) is 9.25. The van der Waals surface area contributed by atoms with E-state index in [4.69, 9.17) is 11.6 Å². The molecule has 1 amide bonds. The number of carbonyl (C=O) groups is 1. The molecule has 0 fully saturated rings. The Labute approximate surface area is 189 Å². The minimum absolute atomic E-state index is 0.0957. The Hall–Kier alpha value is -2.93. The van der Waals surface area contributed by atoms with Gasteiger partial charge in [0.2, 0.25) is 5.91 Å². The van der Waals surface area contributed by atoms with Crippen LogP contribution in [-0.4, -0.2) is 20.8 Å². The summed E-state index contributed by atoms with van der Waals surface area (Å²) in [7, 11) is 0. The summed E-state index contributed by atoms with van der Waals surface area (Å²) in [5.41, 5.74) is 2.91. The van der Waals surface area contributed by atoms with E-state index < -0.39 is 5.60 Å². The summed E-state index contributed by atoms with van der Waals surface area (Å²) in [5.74, 6) is -0.0957. The number of para-hydroxylation sites is 1. The number of benzene rings is 2. The lowest BCUT2D eigenvalue weighted by atomic mass is 10.1. The van der Waals surface area contributed by atoms with Crippen LogP contribution in [0.5, 0.6) is 0 Å². The van der Waals surface area contributed by atoms with Gasteiger partial charge >= 0.3 is 0 Å². The summed E-state index contributed by atoms with van der Waals surface area (Å²) in [6.45, 7) is 4.92. The van der Waals surface area contributed by atoms with Gasteiger partial charge in [0.05, 0.1) is 27.0 Å². The molecule has 2 aromatic heterocycles. The first kappa shape index (κ1) is 21.3. The summed E-state index contributed by atoms with van der Waals surface area (Å²) in [6.07, 6.45) is 0. The number of rotatable bonds is 5. The number of halogens is 1. The van der Waals surface area contributed by atoms with Crippen molar-refractivity contribution in [2.45, 2.75) is 26.4 Å². The van der Waals surface area contributed by atoms with Gasteiger partial charge in [0, 0.05) is 17.5 Å². The average molecular weight is 452 g/mol. The van der Waals surface area contributed by atoms with Crippen LogP contribution in [0.2, 0.25) is 5.02 Å². The van der Waals surface area contributed by atoms with E-state index in [1.54, 1.807) is 29.9 Å². The van der Waals surface area contributed by atoms with E-state index in [-0.39, 0.29) is 5.91 Å². The van der Waals surface area contributed by atoms with Crippen molar-refractivity contribution in [3.05, 3.63) is 77.4 Å². The Morgan fingerprint density at radius 2 is 1.74 bits per heavy atom. The topological polar surface area (TPSA) is 67.2 Å². The lowest BCUT2D eigenvalue weighted by Gasteiger charge is -2.13. The van der Waals surface area contributed by atoms with Crippen LogP contribution >= 0.6 is 22.9 Å². The minimum atomic E-state index is -1.08. The molecule has 158 valence electrons. The van der Waals surface area contributed by atoms with Crippen LogP contribution in [-0.2, 0) is 10.4 Å². The van der Waals surface area contributed by atoms with Crippen molar-refractivity contribution in [3.63, 3.8) is 0 Å². The van der Waals surface area contributed by atoms with Gasteiger partial charge in [0.25, 0.3) is 0 Å². The van der Waals surface area contributed by atoms with Crippen molar-refractivity contribution in [2.75, 3.05) is 5.32 Å². The van der Waals surface area contributed by atoms with Crippen LogP contribution in [0.15, 0.2) is 66.7 Å². The van der Waals surface area contributed by atoms with Crippen molar-refractivity contribution in [3.8, 4) is 26.7 Å². The Kier molecular flexibility index (Phi) is 5.71. The van der Waals surface area contributed by atoms with Gasteiger partial charge in [-0.05, 0) is 61.9 Å². The van der Waals surface area contributed by atoms with Crippen molar-refractivity contribution >= 4 is 34.5 Å². The van der Waals surface area contributed by atoms with Crippen LogP contribution < -0.4 is 5.32 Å². The van der Waals surface area contributed by atoms with E-state index in [1.165, 1.54) is 6.92 Å². The Morgan fingerprint density at radius 1 is 1.06 bits per heavy atom. The lowest BCUT2D eigenvalue weighted by molar-refractivity contribution is -0.114. The zero-order valence-corrected chi connectivity index (χ0v) is 19.0. The third-order valence-corrected chi connectivity index (χ3v) is 6.24. The molecular formula is C24H22ClN3O2S. The summed E-state index contributed by atoms with van der Waals surface area (Å²) in [5, 5.41) is 18.5. The van der Waals surface area contributed by atoms with Gasteiger partial charge in [-0.1, -0.05) is 35.9 Å². The number of hydrogen-bond donors (Lipinski definition) is 2. The molecule has 0 spiro atoms. The second-order valence-electron chi connectivity index (χ2n) is 7.76. The van der Waals surface area contributed by atoms with Crippen LogP contribution in [0.4, 0.5) is 5.69 Å². The van der Waals surface area contributed by atoms with Crippen LogP contribution in [0.3, 0.4) is 0 Å². The molecule has 0 aliphatic carbocycles. The summed E-state index contributed by atoms with van der Waals surface area (Å²) >= 11 is 8.07. The van der Waals surface area contributed by atoms with Gasteiger partial charge in [-0.3, -0.25) is 4.79 Å². The molecule has 0 saturated carbocycles. The number of thiophene rings is 1. The molecule has 0 aliphatic rings. The van der Waals surface area contributed by atoms with E-state index in [0.717, 1.165) is 32.4 Å². The maximum absolute atomic E-state index is 11.2. The highest BCUT2D eigenvalue weighted by Crippen LogP contribution is 2.38. The molecule has 2 heterocycles. The number of carbonyl (C=O) groups excluding carboxylic acids is 1. The highest BCUT2D eigenvalue weighted by atomic mass is 35.5. The van der Waals surface area contributed by atoms with Gasteiger partial charge in [0.15, 0.2) is 0 Å². The molecule has 4 rings (SSSR count). The predicted octanol–water partition coefficient (Wildman–Crippen LogP) is 6.11. The summed E-state index contributed by atoms with van der Waals surface area (Å²) in [4.78, 5) is 13.3. The van der Waals surface area contributed by atoms with Gasteiger partial charge in [-0.2, -0.15) is 5.10 Å². The fourth-order valence-corrected chi connectivity index (χ4v) is 4.44. The first-order valence-electron chi connectivity index (χ1n) is 9.78. The fraction of sp³-hybridized carbons (Fsp3) is 0.167. The van der Waals surface area contributed by atoms with Gasteiger partial charge in [-0.15, -0.1) is 11.3 Å². The molecule has 31 heavy (non-hydrogen) atoms. The monoisotopic (exact) mass is 451 g/mol. The molecule has 0 atom stereocenters. The smallest absolute Gasteiger partial charge is 0.221 e. The largest absolute Gasteiger partial charge is 0.384 e. The fourth-order valence-electron chi connectivity index (χ4n) is 3.21. The molecule has 0 bridgehead atoms. The highest BCUT2D eigenvalue weighted by molar-refractivity contribution is 7.18. The molecule has 0 radical (unpaired) electrons. The van der Waals surface area contributed by atoms with Gasteiger partial charge < -0.3 is 10.4 Å². The van der Waals surface area contributed by atoms with Gasteiger partial charge in [0.1, 0.15) is 5.60 Å². The molecule has 5 nitrogen and oxygen atoms in total. The number of amides is 1. The van der Waals surface area contributed by atoms with Crippen molar-refractivity contribution in [1.29, 1.82) is 0 Å². The van der Waals surface area contributed by atoms with Crippen molar-refractivity contribution in [2.24, 2.45) is 0 Å². The molecule has 2 N–H and O–H groups in total. The van der Waals surface area contributed by atoms with E-state index in [2.05, 4.69) is 16.5 Å². The Morgan fingerprint density at radius 3 is 2.39 bits per heavy atom. The van der Waals surface area contributed by atoms with E-state index in [1.807, 2.05) is 60.7 Å². The summed E-state index contributed by atoms with van der Waals surface area (Å²) < 4.78 is 1.78. The predicted molar refractivity (Wildman–Crippen MR) is 127 cm³/mol. The van der Waals surface area contributed by atoms with Gasteiger partial charge in [-0.25, -0.2) is 4.68 Å². The molecule has 0 saturated heterocycles. The summed E-state index contributed by atoms with van der Waals surface area (Å²) in [6, 6.07) is 21.2. The molecular weight excluding hydrogens is 430 g/mol. The number of nitrogens with zero attached hydrogens (tertiary/aromatic N) is 2. The maximum atomic E-state index is 11.2. The normalized spacial score (nSPS) is 11.5. The van der Waals surface area contributed by atoms with Crippen LogP contribution in [0.1, 0.15) is 26.5 Å². The molecule has 2 aromatic carbocycles. The minimum Gasteiger partial charge on any atom is -0.384 e. The van der Waals surface area contributed by atoms with E-state index in [9.17, 15) is 9.90 Å². The number of anilines is 1. The van der Waals surface area contributed by atoms with E-state index in [0.29, 0.717) is 10.7 Å². The standard InChI is InChI=1S/C24H22ClN3O2S/c1-15(29)26-17-10-8-16(9-11-17)21-12-13-22(31-21)20-14-23(24(2,3)30)27-28(20)19-7-5-4-6-18(19)25/h4-14,30H,1-3H3,(H,26,29). The SMILES string of the molecule is CC(=O)Nc1ccc(-c2ccc(-c3cc(C(C)(C)O)nn3-c3ccccc3Cl)s2)cc1. The first-order chi connectivity index (χ1) is 14.7. The number of aromatic nitrogens is 2. The van der Waals surface area contributed by atoms with Crippen LogP contribution in [0, 0.1) is 0 Å². The zero-order valence-electron chi connectivity index (χ0n) is 17.4. The Balaban J connectivity index is 1.75. The first-order valence-corrected chi connectivity index (χ1v) is 11.0. The lowest BCUT2D eigenvalue weighted by Crippen LogP contribution is -2.16. The molecule has 4 aromatic rings. The maximum Gasteiger partial charge on any atom is 0.221 e. The quantitative estimate of drug-likeness (QED) is 0.385. The third-order valence-electron chi connectivity index (χ3n) is 4.77. The van der Waals surface area contributed by atoms with Crippen LogP contribution in [0.25, 0.3) is 26.7 Å². The third kappa shape index (κ3) is 4.56. The van der Waals surface area contributed by atoms with Crippen molar-refractivity contribution < 1.29 is 9.90 Å². The Bertz CT molecular complexity index is 1240. The molecule has 0 aliphatic heterocycles. The molecule has 0 unspecified atom stereocenters. The number of nitrogens with one attached hydrogen (secondary N) is 1. The second kappa shape index (κ2) is 8.30. The van der Waals surface area contributed by atoms with E-state index >= 15 is 0 Å². The number of hydrogen-bond acceptors (Lipinski definition) is 4. The zero-order chi connectivity index (χ0) is 22.2. The average Bonchev–Trinajstić information content (AvgIpc) is 3.35.